The summed E-state index contributed by atoms with van der Waals surface area (Å²) in [5.41, 5.74) is 0. The molecule has 1 atom stereocenters. The maximum absolute atomic E-state index is 11.5. The number of carbonyl (C=O) groups is 1. The summed E-state index contributed by atoms with van der Waals surface area (Å²) in [4.78, 5) is 12.7. The monoisotopic (exact) mass is 256 g/mol. The fourth-order valence-electron chi connectivity index (χ4n) is 2.52. The molecule has 0 aliphatic heterocycles. The van der Waals surface area contributed by atoms with E-state index in [1.165, 1.54) is 22.1 Å². The smallest absolute Gasteiger partial charge is 0.134 e. The molecule has 92 valence electrons. The van der Waals surface area contributed by atoms with E-state index in [4.69, 9.17) is 0 Å². The summed E-state index contributed by atoms with van der Waals surface area (Å²) in [7, 11) is 0. The lowest BCUT2D eigenvalue weighted by molar-refractivity contribution is -0.120. The van der Waals surface area contributed by atoms with Gasteiger partial charge in [0.2, 0.25) is 0 Å². The molecule has 0 radical (unpaired) electrons. The second-order valence-corrected chi connectivity index (χ2v) is 6.26. The highest BCUT2D eigenvalue weighted by molar-refractivity contribution is 8.00. The van der Waals surface area contributed by atoms with E-state index in [-0.39, 0.29) is 0 Å². The first-order chi connectivity index (χ1) is 8.81. The van der Waals surface area contributed by atoms with Crippen LogP contribution in [0.5, 0.6) is 0 Å². The zero-order valence-corrected chi connectivity index (χ0v) is 11.1. The summed E-state index contributed by atoms with van der Waals surface area (Å²) < 4.78 is 0. The number of carbonyl (C=O) groups excluding carboxylic acids is 1. The van der Waals surface area contributed by atoms with Crippen molar-refractivity contribution < 1.29 is 4.79 Å². The number of Topliss-reactive ketones (excluding diaryl/α,β-unsaturated/α-hetero) is 1. The van der Waals surface area contributed by atoms with Crippen molar-refractivity contribution in [3.05, 3.63) is 42.5 Å². The van der Waals surface area contributed by atoms with E-state index >= 15 is 0 Å². The molecule has 1 saturated carbocycles. The third-order valence-corrected chi connectivity index (χ3v) is 4.72. The van der Waals surface area contributed by atoms with Gasteiger partial charge in [-0.3, -0.25) is 4.79 Å². The summed E-state index contributed by atoms with van der Waals surface area (Å²) in [6.45, 7) is 0. The number of hydrogen-bond donors (Lipinski definition) is 0. The van der Waals surface area contributed by atoms with E-state index in [0.29, 0.717) is 11.0 Å². The van der Waals surface area contributed by atoms with Gasteiger partial charge >= 0.3 is 0 Å². The number of rotatable bonds is 2. The lowest BCUT2D eigenvalue weighted by Crippen LogP contribution is -2.16. The average molecular weight is 256 g/mol. The van der Waals surface area contributed by atoms with E-state index in [1.807, 2.05) is 11.8 Å². The quantitative estimate of drug-likeness (QED) is 0.790. The van der Waals surface area contributed by atoms with Crippen LogP contribution in [-0.2, 0) is 4.79 Å². The molecule has 1 fully saturated rings. The van der Waals surface area contributed by atoms with Gasteiger partial charge in [0.05, 0.1) is 0 Å². The largest absolute Gasteiger partial charge is 0.300 e. The summed E-state index contributed by atoms with van der Waals surface area (Å²) >= 11 is 1.86. The van der Waals surface area contributed by atoms with E-state index in [0.717, 1.165) is 19.3 Å². The summed E-state index contributed by atoms with van der Waals surface area (Å²) in [6.07, 6.45) is 3.76. The lowest BCUT2D eigenvalue weighted by atomic mass is 9.99. The molecule has 0 amide bonds. The van der Waals surface area contributed by atoms with Crippen LogP contribution in [-0.4, -0.2) is 11.0 Å². The van der Waals surface area contributed by atoms with Crippen LogP contribution in [0.1, 0.15) is 25.7 Å². The van der Waals surface area contributed by atoms with Gasteiger partial charge in [0.15, 0.2) is 0 Å². The first kappa shape index (κ1) is 11.8. The Morgan fingerprint density at radius 2 is 1.89 bits per heavy atom. The number of benzene rings is 2. The van der Waals surface area contributed by atoms with Crippen LogP contribution in [0, 0.1) is 0 Å². The third kappa shape index (κ3) is 2.59. The first-order valence-corrected chi connectivity index (χ1v) is 7.36. The summed E-state index contributed by atoms with van der Waals surface area (Å²) in [5, 5.41) is 3.04. The molecule has 0 spiro atoms. The van der Waals surface area contributed by atoms with Gasteiger partial charge in [-0.25, -0.2) is 0 Å². The first-order valence-electron chi connectivity index (χ1n) is 6.48. The van der Waals surface area contributed by atoms with Gasteiger partial charge in [-0.2, -0.15) is 0 Å². The minimum Gasteiger partial charge on any atom is -0.300 e. The van der Waals surface area contributed by atoms with E-state index < -0.39 is 0 Å². The molecule has 0 saturated heterocycles. The molecule has 0 heterocycles. The van der Waals surface area contributed by atoms with Crippen LogP contribution in [0.3, 0.4) is 0 Å². The van der Waals surface area contributed by atoms with Crippen molar-refractivity contribution in [3.63, 3.8) is 0 Å². The molecule has 18 heavy (non-hydrogen) atoms. The zero-order chi connectivity index (χ0) is 12.4. The Bertz CT molecular complexity index is 576. The van der Waals surface area contributed by atoms with Crippen molar-refractivity contribution in [2.45, 2.75) is 35.8 Å². The molecule has 2 aromatic rings. The highest BCUT2D eigenvalue weighted by atomic mass is 32.2. The molecular formula is C16H16OS. The minimum absolute atomic E-state index is 0.430. The van der Waals surface area contributed by atoms with Crippen LogP contribution in [0.15, 0.2) is 47.4 Å². The summed E-state index contributed by atoms with van der Waals surface area (Å²) in [6, 6.07) is 15.0. The van der Waals surface area contributed by atoms with Crippen molar-refractivity contribution in [1.29, 1.82) is 0 Å². The Morgan fingerprint density at radius 1 is 1.06 bits per heavy atom. The Labute approximate surface area is 112 Å². The number of hydrogen-bond acceptors (Lipinski definition) is 2. The van der Waals surface area contributed by atoms with Gasteiger partial charge in [0, 0.05) is 23.0 Å². The fourth-order valence-corrected chi connectivity index (χ4v) is 3.80. The second kappa shape index (κ2) is 5.15. The highest BCUT2D eigenvalue weighted by Crippen LogP contribution is 2.33. The van der Waals surface area contributed by atoms with E-state index in [1.54, 1.807) is 0 Å². The van der Waals surface area contributed by atoms with Crippen molar-refractivity contribution in [3.8, 4) is 0 Å². The van der Waals surface area contributed by atoms with E-state index in [2.05, 4.69) is 42.5 Å². The standard InChI is InChI=1S/C16H16OS/c17-14-6-3-7-15(11-14)18-16-9-8-12-4-1-2-5-13(12)10-16/h1-2,4-5,8-10,15H,3,6-7,11H2/t15-/m0/s1. The van der Waals surface area contributed by atoms with Gasteiger partial charge in [-0.05, 0) is 35.7 Å². The highest BCUT2D eigenvalue weighted by Gasteiger charge is 2.20. The van der Waals surface area contributed by atoms with Crippen molar-refractivity contribution in [2.75, 3.05) is 0 Å². The molecule has 0 N–H and O–H groups in total. The van der Waals surface area contributed by atoms with Crippen molar-refractivity contribution in [2.24, 2.45) is 0 Å². The SMILES string of the molecule is O=C1CCC[C@H](Sc2ccc3ccccc3c2)C1. The minimum atomic E-state index is 0.430. The Kier molecular flexibility index (Phi) is 3.37. The van der Waals surface area contributed by atoms with Crippen LogP contribution in [0.25, 0.3) is 10.8 Å². The molecule has 1 aliphatic carbocycles. The normalized spacial score (nSPS) is 20.2. The molecule has 2 heteroatoms. The molecule has 0 unspecified atom stereocenters. The van der Waals surface area contributed by atoms with Crippen LogP contribution >= 0.6 is 11.8 Å². The molecular weight excluding hydrogens is 240 g/mol. The molecule has 1 nitrogen and oxygen atoms in total. The Balaban J connectivity index is 1.79. The topological polar surface area (TPSA) is 17.1 Å². The molecule has 1 aliphatic rings. The number of ketones is 1. The van der Waals surface area contributed by atoms with Crippen LogP contribution in [0.2, 0.25) is 0 Å². The third-order valence-electron chi connectivity index (χ3n) is 3.46. The number of thioether (sulfide) groups is 1. The maximum Gasteiger partial charge on any atom is 0.134 e. The Hall–Kier alpha value is -1.28. The van der Waals surface area contributed by atoms with Gasteiger partial charge in [-0.15, -0.1) is 11.8 Å². The van der Waals surface area contributed by atoms with Crippen LogP contribution < -0.4 is 0 Å². The van der Waals surface area contributed by atoms with E-state index in [9.17, 15) is 4.79 Å². The van der Waals surface area contributed by atoms with Crippen LogP contribution in [0.4, 0.5) is 0 Å². The summed E-state index contributed by atoms with van der Waals surface area (Å²) in [5.74, 6) is 0.430. The van der Waals surface area contributed by atoms with Gasteiger partial charge < -0.3 is 0 Å². The molecule has 3 rings (SSSR count). The molecule has 0 bridgehead atoms. The van der Waals surface area contributed by atoms with Gasteiger partial charge in [0.25, 0.3) is 0 Å². The molecule has 2 aromatic carbocycles. The number of fused-ring (bicyclic) bond motifs is 1. The van der Waals surface area contributed by atoms with Crippen molar-refractivity contribution >= 4 is 28.3 Å². The fraction of sp³-hybridized carbons (Fsp3) is 0.312. The average Bonchev–Trinajstić information content (AvgIpc) is 2.39. The maximum atomic E-state index is 11.5. The second-order valence-electron chi connectivity index (χ2n) is 4.88. The van der Waals surface area contributed by atoms with Crippen molar-refractivity contribution in [1.82, 2.24) is 0 Å². The van der Waals surface area contributed by atoms with Gasteiger partial charge in [-0.1, -0.05) is 30.3 Å². The Morgan fingerprint density at radius 3 is 2.72 bits per heavy atom. The van der Waals surface area contributed by atoms with Gasteiger partial charge in [0.1, 0.15) is 5.78 Å². The predicted molar refractivity (Wildman–Crippen MR) is 77.1 cm³/mol. The predicted octanol–water partition coefficient (Wildman–Crippen LogP) is 4.44. The lowest BCUT2D eigenvalue weighted by Gasteiger charge is -2.20. The zero-order valence-electron chi connectivity index (χ0n) is 10.3. The molecule has 0 aromatic heterocycles.